The Balaban J connectivity index is 1.94. The predicted octanol–water partition coefficient (Wildman–Crippen LogP) is 3.86. The maximum Gasteiger partial charge on any atom is 0.258 e. The lowest BCUT2D eigenvalue weighted by Gasteiger charge is -2.18. The van der Waals surface area contributed by atoms with E-state index in [9.17, 15) is 13.2 Å². The molecule has 0 heterocycles. The van der Waals surface area contributed by atoms with E-state index in [0.717, 1.165) is 5.56 Å². The van der Waals surface area contributed by atoms with Gasteiger partial charge in [-0.1, -0.05) is 45.0 Å². The van der Waals surface area contributed by atoms with Crippen LogP contribution < -0.4 is 10.1 Å². The summed E-state index contributed by atoms with van der Waals surface area (Å²) >= 11 is 0. The van der Waals surface area contributed by atoms with Gasteiger partial charge in [-0.3, -0.25) is 4.79 Å². The van der Waals surface area contributed by atoms with Crippen LogP contribution >= 0.6 is 0 Å². The Hall–Kier alpha value is -2.34. The van der Waals surface area contributed by atoms with Crippen molar-refractivity contribution in [2.45, 2.75) is 44.0 Å². The number of hydrogen-bond donors (Lipinski definition) is 1. The molecule has 27 heavy (non-hydrogen) atoms. The minimum absolute atomic E-state index is 0.0705. The van der Waals surface area contributed by atoms with Crippen LogP contribution in [0.25, 0.3) is 0 Å². The van der Waals surface area contributed by atoms with E-state index >= 15 is 0 Å². The molecular formula is C21H27NO4S. The number of hydrogen-bond acceptors (Lipinski definition) is 4. The highest BCUT2D eigenvalue weighted by molar-refractivity contribution is 7.90. The summed E-state index contributed by atoms with van der Waals surface area (Å²) in [7, 11) is -3.23. The number of sulfone groups is 1. The molecule has 0 fully saturated rings. The molecule has 1 N–H and O–H groups in total. The fourth-order valence-corrected chi connectivity index (χ4v) is 3.33. The van der Waals surface area contributed by atoms with Gasteiger partial charge < -0.3 is 10.1 Å². The first-order valence-corrected chi connectivity index (χ1v) is 10.9. The zero-order valence-corrected chi connectivity index (χ0v) is 17.0. The number of nitrogens with one attached hydrogen (secondary N) is 1. The van der Waals surface area contributed by atoms with Crippen molar-refractivity contribution in [2.75, 3.05) is 12.9 Å². The molecule has 0 aliphatic heterocycles. The summed E-state index contributed by atoms with van der Waals surface area (Å²) in [4.78, 5) is 12.5. The van der Waals surface area contributed by atoms with E-state index in [1.54, 1.807) is 24.3 Å². The van der Waals surface area contributed by atoms with Crippen molar-refractivity contribution in [2.24, 2.45) is 0 Å². The third-order valence-electron chi connectivity index (χ3n) is 4.37. The van der Waals surface area contributed by atoms with Crippen molar-refractivity contribution in [3.63, 3.8) is 0 Å². The van der Waals surface area contributed by atoms with E-state index in [0.29, 0.717) is 18.1 Å². The lowest BCUT2D eigenvalue weighted by Crippen LogP contribution is -2.32. The zero-order chi connectivity index (χ0) is 20.0. The van der Waals surface area contributed by atoms with Crippen LogP contribution in [0.2, 0.25) is 0 Å². The van der Waals surface area contributed by atoms with Crippen molar-refractivity contribution in [1.29, 1.82) is 0 Å². The summed E-state index contributed by atoms with van der Waals surface area (Å²) in [5.41, 5.74) is 2.08. The molecule has 0 bridgehead atoms. The first-order valence-electron chi connectivity index (χ1n) is 9.02. The van der Waals surface area contributed by atoms with Crippen molar-refractivity contribution < 1.29 is 17.9 Å². The third-order valence-corrected chi connectivity index (χ3v) is 5.50. The van der Waals surface area contributed by atoms with E-state index < -0.39 is 9.84 Å². The van der Waals surface area contributed by atoms with Crippen molar-refractivity contribution >= 4 is 15.7 Å². The Morgan fingerprint density at radius 3 is 2.04 bits per heavy atom. The minimum Gasteiger partial charge on any atom is -0.484 e. The summed E-state index contributed by atoms with van der Waals surface area (Å²) in [6.07, 6.45) is 1.86. The van der Waals surface area contributed by atoms with Gasteiger partial charge in [-0.05, 0) is 47.7 Å². The van der Waals surface area contributed by atoms with Gasteiger partial charge in [-0.25, -0.2) is 8.42 Å². The molecule has 0 spiro atoms. The molecule has 0 radical (unpaired) electrons. The maximum absolute atomic E-state index is 12.2. The molecular weight excluding hydrogens is 362 g/mol. The van der Waals surface area contributed by atoms with Crippen molar-refractivity contribution in [3.05, 3.63) is 59.7 Å². The molecule has 0 aliphatic rings. The van der Waals surface area contributed by atoms with Gasteiger partial charge in [0, 0.05) is 6.26 Å². The van der Waals surface area contributed by atoms with Gasteiger partial charge in [-0.2, -0.15) is 0 Å². The first kappa shape index (κ1) is 21.0. The summed E-state index contributed by atoms with van der Waals surface area (Å²) < 4.78 is 28.7. The Morgan fingerprint density at radius 1 is 1.00 bits per heavy atom. The monoisotopic (exact) mass is 389 g/mol. The minimum atomic E-state index is -3.23. The van der Waals surface area contributed by atoms with Crippen LogP contribution in [0, 0.1) is 0 Å². The van der Waals surface area contributed by atoms with Crippen LogP contribution in [0.5, 0.6) is 5.75 Å². The number of amides is 1. The molecule has 5 nitrogen and oxygen atoms in total. The van der Waals surface area contributed by atoms with Crippen LogP contribution in [0.15, 0.2) is 53.4 Å². The largest absolute Gasteiger partial charge is 0.484 e. The lowest BCUT2D eigenvalue weighted by molar-refractivity contribution is -0.123. The Kier molecular flexibility index (Phi) is 7.02. The molecule has 6 heteroatoms. The second kappa shape index (κ2) is 9.04. The van der Waals surface area contributed by atoms with Gasteiger partial charge in [0.05, 0.1) is 10.9 Å². The number of carbonyl (C=O) groups is 1. The third kappa shape index (κ3) is 6.10. The number of rotatable bonds is 8. The summed E-state index contributed by atoms with van der Waals surface area (Å²) in [6, 6.07) is 14.1. The van der Waals surface area contributed by atoms with E-state index in [4.69, 9.17) is 4.74 Å². The van der Waals surface area contributed by atoms with Gasteiger partial charge in [-0.15, -0.1) is 0 Å². The number of benzene rings is 2. The topological polar surface area (TPSA) is 72.5 Å². The van der Waals surface area contributed by atoms with Gasteiger partial charge >= 0.3 is 0 Å². The van der Waals surface area contributed by atoms with Gasteiger partial charge in [0.2, 0.25) is 0 Å². The van der Waals surface area contributed by atoms with Crippen LogP contribution in [0.1, 0.15) is 50.3 Å². The molecule has 0 unspecified atom stereocenters. The smallest absolute Gasteiger partial charge is 0.258 e. The number of carbonyl (C=O) groups excluding carboxylic acids is 1. The molecule has 2 aromatic carbocycles. The van der Waals surface area contributed by atoms with Crippen LogP contribution in [-0.4, -0.2) is 27.2 Å². The fourth-order valence-electron chi connectivity index (χ4n) is 2.70. The van der Waals surface area contributed by atoms with E-state index in [2.05, 4.69) is 19.2 Å². The lowest BCUT2D eigenvalue weighted by atomic mass is 10.0. The molecule has 0 saturated heterocycles. The Bertz CT molecular complexity index is 856. The zero-order valence-electron chi connectivity index (χ0n) is 16.2. The van der Waals surface area contributed by atoms with Crippen molar-refractivity contribution in [1.82, 2.24) is 5.32 Å². The quantitative estimate of drug-likeness (QED) is 0.744. The molecule has 1 amide bonds. The van der Waals surface area contributed by atoms with Crippen molar-refractivity contribution in [3.8, 4) is 5.75 Å². The van der Waals surface area contributed by atoms with Crippen LogP contribution in [-0.2, 0) is 14.6 Å². The standard InChI is InChI=1S/C21H27NO4S/c1-5-20(17-8-12-19(13-9-17)27(4,24)25)22-21(23)14-26-18-10-6-16(7-11-18)15(2)3/h6-13,15,20H,5,14H2,1-4H3,(H,22,23)/t20-/m1/s1. The summed E-state index contributed by atoms with van der Waals surface area (Å²) in [5, 5.41) is 2.93. The van der Waals surface area contributed by atoms with Gasteiger partial charge in [0.25, 0.3) is 5.91 Å². The summed E-state index contributed by atoms with van der Waals surface area (Å²) in [6.45, 7) is 6.13. The van der Waals surface area contributed by atoms with Crippen LogP contribution in [0.3, 0.4) is 0 Å². The van der Waals surface area contributed by atoms with E-state index in [1.807, 2.05) is 31.2 Å². The average Bonchev–Trinajstić information content (AvgIpc) is 2.64. The molecule has 2 rings (SSSR count). The molecule has 0 aliphatic carbocycles. The Labute approximate surface area is 161 Å². The molecule has 146 valence electrons. The molecule has 2 aromatic rings. The highest BCUT2D eigenvalue weighted by atomic mass is 32.2. The molecule has 0 aromatic heterocycles. The van der Waals surface area contributed by atoms with Crippen LogP contribution in [0.4, 0.5) is 0 Å². The molecule has 0 saturated carbocycles. The first-order chi connectivity index (χ1) is 12.7. The maximum atomic E-state index is 12.2. The molecule has 1 atom stereocenters. The normalized spacial score (nSPS) is 12.6. The second-order valence-corrected chi connectivity index (χ2v) is 8.90. The van der Waals surface area contributed by atoms with Gasteiger partial charge in [0.15, 0.2) is 16.4 Å². The van der Waals surface area contributed by atoms with E-state index in [-0.39, 0.29) is 23.5 Å². The predicted molar refractivity (Wildman–Crippen MR) is 107 cm³/mol. The van der Waals surface area contributed by atoms with E-state index in [1.165, 1.54) is 11.8 Å². The van der Waals surface area contributed by atoms with Gasteiger partial charge in [0.1, 0.15) is 5.75 Å². The Morgan fingerprint density at radius 2 is 1.56 bits per heavy atom. The highest BCUT2D eigenvalue weighted by Gasteiger charge is 2.15. The average molecular weight is 390 g/mol. The second-order valence-electron chi connectivity index (χ2n) is 6.88. The SMILES string of the molecule is CC[C@@H](NC(=O)COc1ccc(C(C)C)cc1)c1ccc(S(C)(=O)=O)cc1. The fraction of sp³-hybridized carbons (Fsp3) is 0.381. The number of ether oxygens (including phenoxy) is 1. The highest BCUT2D eigenvalue weighted by Crippen LogP contribution is 2.20. The summed E-state index contributed by atoms with van der Waals surface area (Å²) in [5.74, 6) is 0.879.